The van der Waals surface area contributed by atoms with Gasteiger partial charge in [0.2, 0.25) is 5.88 Å². The van der Waals surface area contributed by atoms with Crippen LogP contribution in [-0.4, -0.2) is 17.1 Å². The minimum Gasteiger partial charge on any atom is -0.463 e. The number of aryl methyl sites for hydroxylation is 2. The first-order valence-corrected chi connectivity index (χ1v) is 9.09. The maximum atomic E-state index is 12.6. The van der Waals surface area contributed by atoms with Gasteiger partial charge in [-0.15, -0.1) is 0 Å². The van der Waals surface area contributed by atoms with Crippen LogP contribution in [0, 0.1) is 25.2 Å². The standard InChI is InChI=1S/C22H23N3O3/c1-5-27-22(26)19-15(4)28-21(24)18(12-23)20(19)16-8-10-17(11-9-16)25-13(2)6-7-14(25)3/h6-11,20H,5,24H2,1-4H3. The van der Waals surface area contributed by atoms with E-state index in [4.69, 9.17) is 15.2 Å². The molecule has 144 valence electrons. The number of hydrogen-bond donors (Lipinski definition) is 1. The maximum Gasteiger partial charge on any atom is 0.338 e. The zero-order valence-electron chi connectivity index (χ0n) is 16.4. The number of nitriles is 1. The van der Waals surface area contributed by atoms with Crippen molar-refractivity contribution < 1.29 is 14.3 Å². The molecule has 0 spiro atoms. The number of ether oxygens (including phenoxy) is 2. The third-order valence-electron chi connectivity index (χ3n) is 4.86. The van der Waals surface area contributed by atoms with Crippen molar-refractivity contribution in [3.63, 3.8) is 0 Å². The van der Waals surface area contributed by atoms with Gasteiger partial charge in [-0.2, -0.15) is 5.26 Å². The van der Waals surface area contributed by atoms with Gasteiger partial charge >= 0.3 is 5.97 Å². The average Bonchev–Trinajstić information content (AvgIpc) is 3.00. The minimum atomic E-state index is -0.626. The Kier molecular flexibility index (Phi) is 5.27. The van der Waals surface area contributed by atoms with E-state index < -0.39 is 11.9 Å². The van der Waals surface area contributed by atoms with Crippen LogP contribution in [0.25, 0.3) is 5.69 Å². The number of hydrogen-bond acceptors (Lipinski definition) is 5. The number of esters is 1. The number of allylic oxidation sites excluding steroid dienone is 2. The number of rotatable bonds is 4. The second kappa shape index (κ2) is 7.65. The maximum absolute atomic E-state index is 12.6. The average molecular weight is 377 g/mol. The molecule has 6 heteroatoms. The molecule has 1 unspecified atom stereocenters. The summed E-state index contributed by atoms with van der Waals surface area (Å²) in [4.78, 5) is 12.6. The Morgan fingerprint density at radius 2 is 1.79 bits per heavy atom. The highest BCUT2D eigenvalue weighted by molar-refractivity contribution is 5.92. The molecule has 1 aromatic heterocycles. The number of nitrogens with zero attached hydrogens (tertiary/aromatic N) is 2. The van der Waals surface area contributed by atoms with Crippen LogP contribution in [0.4, 0.5) is 0 Å². The summed E-state index contributed by atoms with van der Waals surface area (Å²) in [6.07, 6.45) is 0. The zero-order chi connectivity index (χ0) is 20.4. The van der Waals surface area contributed by atoms with E-state index in [-0.39, 0.29) is 18.1 Å². The van der Waals surface area contributed by atoms with Crippen molar-refractivity contribution in [2.24, 2.45) is 5.73 Å². The monoisotopic (exact) mass is 377 g/mol. The van der Waals surface area contributed by atoms with Gasteiger partial charge < -0.3 is 19.8 Å². The Bertz CT molecular complexity index is 1000. The van der Waals surface area contributed by atoms with Crippen molar-refractivity contribution >= 4 is 5.97 Å². The minimum absolute atomic E-state index is 0.0132. The number of carbonyl (C=O) groups is 1. The van der Waals surface area contributed by atoms with Gasteiger partial charge in [0.25, 0.3) is 0 Å². The quantitative estimate of drug-likeness (QED) is 0.820. The molecule has 2 N–H and O–H groups in total. The Morgan fingerprint density at radius 1 is 1.18 bits per heavy atom. The number of benzene rings is 1. The summed E-state index contributed by atoms with van der Waals surface area (Å²) < 4.78 is 12.8. The predicted molar refractivity (Wildman–Crippen MR) is 105 cm³/mol. The SMILES string of the molecule is CCOC(=O)C1=C(C)OC(N)=C(C#N)C1c1ccc(-n2c(C)ccc2C)cc1. The molecule has 0 aliphatic carbocycles. The van der Waals surface area contributed by atoms with E-state index in [1.165, 1.54) is 0 Å². The molecule has 1 aliphatic rings. The molecule has 0 saturated carbocycles. The third kappa shape index (κ3) is 3.27. The molecule has 0 fully saturated rings. The van der Waals surface area contributed by atoms with E-state index >= 15 is 0 Å². The molecule has 6 nitrogen and oxygen atoms in total. The van der Waals surface area contributed by atoms with Gasteiger partial charge in [-0.25, -0.2) is 4.79 Å². The molecule has 3 rings (SSSR count). The Hall–Kier alpha value is -3.46. The largest absolute Gasteiger partial charge is 0.463 e. The fraction of sp³-hybridized carbons (Fsp3) is 0.273. The van der Waals surface area contributed by atoms with Crippen LogP contribution in [0.3, 0.4) is 0 Å². The fourth-order valence-corrected chi connectivity index (χ4v) is 3.58. The van der Waals surface area contributed by atoms with Crippen LogP contribution in [-0.2, 0) is 14.3 Å². The Labute approximate surface area is 164 Å². The zero-order valence-corrected chi connectivity index (χ0v) is 16.4. The van der Waals surface area contributed by atoms with Crippen molar-refractivity contribution in [1.82, 2.24) is 4.57 Å². The van der Waals surface area contributed by atoms with Crippen molar-refractivity contribution in [3.05, 3.63) is 76.1 Å². The van der Waals surface area contributed by atoms with E-state index in [1.807, 2.05) is 38.1 Å². The van der Waals surface area contributed by atoms with Gasteiger partial charge in [-0.05, 0) is 57.5 Å². The topological polar surface area (TPSA) is 90.3 Å². The molecule has 2 heterocycles. The van der Waals surface area contributed by atoms with Gasteiger partial charge in [0, 0.05) is 17.1 Å². The number of carbonyl (C=O) groups excluding carboxylic acids is 1. The van der Waals surface area contributed by atoms with Gasteiger partial charge in [0.1, 0.15) is 17.4 Å². The molecule has 1 atom stereocenters. The summed E-state index contributed by atoms with van der Waals surface area (Å²) >= 11 is 0. The van der Waals surface area contributed by atoms with Crippen LogP contribution in [0.5, 0.6) is 0 Å². The highest BCUT2D eigenvalue weighted by Crippen LogP contribution is 2.39. The highest BCUT2D eigenvalue weighted by Gasteiger charge is 2.36. The molecule has 1 aromatic carbocycles. The molecule has 28 heavy (non-hydrogen) atoms. The lowest BCUT2D eigenvalue weighted by molar-refractivity contribution is -0.139. The van der Waals surface area contributed by atoms with E-state index in [1.54, 1.807) is 13.8 Å². The Balaban J connectivity index is 2.08. The summed E-state index contributed by atoms with van der Waals surface area (Å²) in [6.45, 7) is 7.71. The van der Waals surface area contributed by atoms with Gasteiger partial charge in [-0.1, -0.05) is 12.1 Å². The van der Waals surface area contributed by atoms with Crippen molar-refractivity contribution in [3.8, 4) is 11.8 Å². The Morgan fingerprint density at radius 3 is 2.32 bits per heavy atom. The normalized spacial score (nSPS) is 16.6. The summed E-state index contributed by atoms with van der Waals surface area (Å²) in [7, 11) is 0. The summed E-state index contributed by atoms with van der Waals surface area (Å²) in [5.41, 5.74) is 10.5. The van der Waals surface area contributed by atoms with Crippen LogP contribution in [0.15, 0.2) is 59.2 Å². The van der Waals surface area contributed by atoms with Crippen LogP contribution in [0.1, 0.15) is 36.7 Å². The first-order chi connectivity index (χ1) is 13.4. The molecule has 0 saturated heterocycles. The smallest absolute Gasteiger partial charge is 0.338 e. The van der Waals surface area contributed by atoms with Gasteiger partial charge in [0.05, 0.1) is 18.1 Å². The van der Waals surface area contributed by atoms with Gasteiger partial charge in [0.15, 0.2) is 0 Å². The first-order valence-electron chi connectivity index (χ1n) is 9.09. The molecular formula is C22H23N3O3. The second-order valence-corrected chi connectivity index (χ2v) is 6.66. The summed E-state index contributed by atoms with van der Waals surface area (Å²) in [6, 6.07) is 14.0. The lowest BCUT2D eigenvalue weighted by atomic mass is 9.83. The summed E-state index contributed by atoms with van der Waals surface area (Å²) in [5, 5.41) is 9.64. The van der Waals surface area contributed by atoms with Crippen LogP contribution >= 0.6 is 0 Å². The van der Waals surface area contributed by atoms with E-state index in [0.717, 1.165) is 22.6 Å². The van der Waals surface area contributed by atoms with E-state index in [0.29, 0.717) is 11.3 Å². The molecule has 1 aliphatic heterocycles. The van der Waals surface area contributed by atoms with Crippen molar-refractivity contribution in [2.45, 2.75) is 33.6 Å². The van der Waals surface area contributed by atoms with E-state index in [2.05, 4.69) is 22.8 Å². The number of nitrogens with two attached hydrogens (primary N) is 1. The van der Waals surface area contributed by atoms with E-state index in [9.17, 15) is 10.1 Å². The fourth-order valence-electron chi connectivity index (χ4n) is 3.58. The molecular weight excluding hydrogens is 354 g/mol. The number of aromatic nitrogens is 1. The van der Waals surface area contributed by atoms with Crippen molar-refractivity contribution in [2.75, 3.05) is 6.61 Å². The van der Waals surface area contributed by atoms with Crippen LogP contribution in [0.2, 0.25) is 0 Å². The molecule has 0 radical (unpaired) electrons. The lowest BCUT2D eigenvalue weighted by Crippen LogP contribution is -2.25. The first kappa shape index (κ1) is 19.3. The van der Waals surface area contributed by atoms with Crippen LogP contribution < -0.4 is 5.73 Å². The molecule has 0 amide bonds. The van der Waals surface area contributed by atoms with Gasteiger partial charge in [-0.3, -0.25) is 0 Å². The molecule has 0 bridgehead atoms. The lowest BCUT2D eigenvalue weighted by Gasteiger charge is -2.27. The van der Waals surface area contributed by atoms with Crippen molar-refractivity contribution in [1.29, 1.82) is 5.26 Å². The second-order valence-electron chi connectivity index (χ2n) is 6.66. The highest BCUT2D eigenvalue weighted by atomic mass is 16.5. The predicted octanol–water partition coefficient (Wildman–Crippen LogP) is 3.74. The summed E-state index contributed by atoms with van der Waals surface area (Å²) in [5.74, 6) is -0.773. The third-order valence-corrected chi connectivity index (χ3v) is 4.86. The molecule has 2 aromatic rings.